The third-order valence-electron chi connectivity index (χ3n) is 3.03. The number of hydrogen-bond donors (Lipinski definition) is 1. The molecule has 19 heavy (non-hydrogen) atoms. The molecule has 1 aromatic carbocycles. The molecule has 0 saturated heterocycles. The van der Waals surface area contributed by atoms with Crippen LogP contribution in [0.3, 0.4) is 0 Å². The minimum atomic E-state index is 0.426. The summed E-state index contributed by atoms with van der Waals surface area (Å²) >= 11 is 1.80. The SMILES string of the molecule is CCNC(CC)c1ccccc1Sc1ccncc1. The first kappa shape index (κ1) is 14.1. The molecule has 0 saturated carbocycles. The minimum absolute atomic E-state index is 0.426. The highest BCUT2D eigenvalue weighted by atomic mass is 32.2. The molecule has 1 N–H and O–H groups in total. The van der Waals surface area contributed by atoms with E-state index in [0.717, 1.165) is 13.0 Å². The van der Waals surface area contributed by atoms with E-state index in [2.05, 4.69) is 60.5 Å². The van der Waals surface area contributed by atoms with Crippen LogP contribution in [0.15, 0.2) is 58.6 Å². The number of nitrogens with zero attached hydrogens (tertiary/aromatic N) is 1. The lowest BCUT2D eigenvalue weighted by molar-refractivity contribution is 0.530. The quantitative estimate of drug-likeness (QED) is 0.849. The van der Waals surface area contributed by atoms with Gasteiger partial charge in [-0.3, -0.25) is 4.98 Å². The number of benzene rings is 1. The number of rotatable bonds is 6. The zero-order valence-corrected chi connectivity index (χ0v) is 12.3. The van der Waals surface area contributed by atoms with E-state index in [1.807, 2.05) is 12.4 Å². The van der Waals surface area contributed by atoms with Crippen LogP contribution in [0.4, 0.5) is 0 Å². The molecule has 1 heterocycles. The van der Waals surface area contributed by atoms with Crippen LogP contribution in [0, 0.1) is 0 Å². The van der Waals surface area contributed by atoms with Gasteiger partial charge in [-0.15, -0.1) is 0 Å². The third-order valence-corrected chi connectivity index (χ3v) is 4.13. The van der Waals surface area contributed by atoms with Gasteiger partial charge in [0.15, 0.2) is 0 Å². The van der Waals surface area contributed by atoms with Crippen LogP contribution < -0.4 is 5.32 Å². The Morgan fingerprint density at radius 3 is 2.53 bits per heavy atom. The van der Waals surface area contributed by atoms with Crippen molar-refractivity contribution in [1.29, 1.82) is 0 Å². The zero-order chi connectivity index (χ0) is 13.5. The van der Waals surface area contributed by atoms with Crippen molar-refractivity contribution in [2.75, 3.05) is 6.54 Å². The molecule has 2 nitrogen and oxygen atoms in total. The van der Waals surface area contributed by atoms with Crippen LogP contribution >= 0.6 is 11.8 Å². The first-order valence-corrected chi connectivity index (χ1v) is 7.57. The van der Waals surface area contributed by atoms with Crippen molar-refractivity contribution in [2.24, 2.45) is 0 Å². The van der Waals surface area contributed by atoms with E-state index in [9.17, 15) is 0 Å². The fraction of sp³-hybridized carbons (Fsp3) is 0.312. The molecule has 2 rings (SSSR count). The first-order valence-electron chi connectivity index (χ1n) is 6.75. The normalized spacial score (nSPS) is 12.3. The summed E-state index contributed by atoms with van der Waals surface area (Å²) in [6, 6.07) is 13.2. The summed E-state index contributed by atoms with van der Waals surface area (Å²) in [5.74, 6) is 0. The maximum Gasteiger partial charge on any atom is 0.0328 e. The number of hydrogen-bond acceptors (Lipinski definition) is 3. The molecule has 3 heteroatoms. The van der Waals surface area contributed by atoms with Gasteiger partial charge in [0.05, 0.1) is 0 Å². The maximum absolute atomic E-state index is 4.06. The van der Waals surface area contributed by atoms with Crippen molar-refractivity contribution in [3.05, 3.63) is 54.4 Å². The monoisotopic (exact) mass is 272 g/mol. The molecular weight excluding hydrogens is 252 g/mol. The highest BCUT2D eigenvalue weighted by Crippen LogP contribution is 2.33. The summed E-state index contributed by atoms with van der Waals surface area (Å²) in [4.78, 5) is 6.62. The Morgan fingerprint density at radius 2 is 1.84 bits per heavy atom. The first-order chi connectivity index (χ1) is 9.35. The van der Waals surface area contributed by atoms with Gasteiger partial charge in [-0.05, 0) is 36.7 Å². The Kier molecular flexibility index (Phi) is 5.43. The molecule has 0 fully saturated rings. The van der Waals surface area contributed by atoms with Gasteiger partial charge in [-0.1, -0.05) is 43.8 Å². The lowest BCUT2D eigenvalue weighted by Gasteiger charge is -2.19. The van der Waals surface area contributed by atoms with Crippen molar-refractivity contribution in [2.45, 2.75) is 36.1 Å². The maximum atomic E-state index is 4.06. The topological polar surface area (TPSA) is 24.9 Å². The van der Waals surface area contributed by atoms with Gasteiger partial charge >= 0.3 is 0 Å². The van der Waals surface area contributed by atoms with Gasteiger partial charge in [-0.2, -0.15) is 0 Å². The fourth-order valence-electron chi connectivity index (χ4n) is 2.12. The second-order valence-corrected chi connectivity index (χ2v) is 5.46. The summed E-state index contributed by atoms with van der Waals surface area (Å²) in [5, 5.41) is 3.55. The van der Waals surface area contributed by atoms with E-state index in [0.29, 0.717) is 6.04 Å². The van der Waals surface area contributed by atoms with Crippen molar-refractivity contribution in [3.63, 3.8) is 0 Å². The van der Waals surface area contributed by atoms with E-state index in [-0.39, 0.29) is 0 Å². The average molecular weight is 272 g/mol. The van der Waals surface area contributed by atoms with Gasteiger partial charge in [0.2, 0.25) is 0 Å². The smallest absolute Gasteiger partial charge is 0.0328 e. The molecule has 0 radical (unpaired) electrons. The van der Waals surface area contributed by atoms with Crippen molar-refractivity contribution < 1.29 is 0 Å². The predicted octanol–water partition coefficient (Wildman–Crippen LogP) is 4.29. The molecule has 0 aliphatic carbocycles. The minimum Gasteiger partial charge on any atom is -0.310 e. The number of nitrogens with one attached hydrogen (secondary N) is 1. The van der Waals surface area contributed by atoms with E-state index in [1.54, 1.807) is 11.8 Å². The van der Waals surface area contributed by atoms with Crippen LogP contribution in [0.5, 0.6) is 0 Å². The molecule has 1 atom stereocenters. The predicted molar refractivity (Wildman–Crippen MR) is 81.5 cm³/mol. The number of pyridine rings is 1. The summed E-state index contributed by atoms with van der Waals surface area (Å²) in [6.07, 6.45) is 4.78. The molecule has 0 aliphatic heterocycles. The molecule has 0 aliphatic rings. The fourth-order valence-corrected chi connectivity index (χ4v) is 3.10. The van der Waals surface area contributed by atoms with Gasteiger partial charge in [0, 0.05) is 28.2 Å². The summed E-state index contributed by atoms with van der Waals surface area (Å²) in [7, 11) is 0. The van der Waals surface area contributed by atoms with E-state index >= 15 is 0 Å². The number of aromatic nitrogens is 1. The van der Waals surface area contributed by atoms with Crippen LogP contribution in [0.25, 0.3) is 0 Å². The Labute approximate surface area is 119 Å². The zero-order valence-electron chi connectivity index (χ0n) is 11.5. The lowest BCUT2D eigenvalue weighted by Crippen LogP contribution is -2.20. The van der Waals surface area contributed by atoms with Crippen LogP contribution in [0.2, 0.25) is 0 Å². The van der Waals surface area contributed by atoms with E-state index in [4.69, 9.17) is 0 Å². The van der Waals surface area contributed by atoms with Crippen molar-refractivity contribution in [1.82, 2.24) is 10.3 Å². The lowest BCUT2D eigenvalue weighted by atomic mass is 10.0. The Morgan fingerprint density at radius 1 is 1.11 bits per heavy atom. The van der Waals surface area contributed by atoms with Crippen molar-refractivity contribution >= 4 is 11.8 Å². The van der Waals surface area contributed by atoms with Crippen LogP contribution in [-0.2, 0) is 0 Å². The highest BCUT2D eigenvalue weighted by Gasteiger charge is 2.12. The molecule has 1 aromatic heterocycles. The van der Waals surface area contributed by atoms with Gasteiger partial charge in [0.1, 0.15) is 0 Å². The Bertz CT molecular complexity index is 499. The molecule has 1 unspecified atom stereocenters. The Balaban J connectivity index is 2.25. The average Bonchev–Trinajstić information content (AvgIpc) is 2.47. The van der Waals surface area contributed by atoms with Gasteiger partial charge < -0.3 is 5.32 Å². The van der Waals surface area contributed by atoms with Crippen molar-refractivity contribution in [3.8, 4) is 0 Å². The molecule has 100 valence electrons. The van der Waals surface area contributed by atoms with Gasteiger partial charge in [-0.25, -0.2) is 0 Å². The van der Waals surface area contributed by atoms with E-state index in [1.165, 1.54) is 15.4 Å². The van der Waals surface area contributed by atoms with E-state index < -0.39 is 0 Å². The summed E-state index contributed by atoms with van der Waals surface area (Å²) < 4.78 is 0. The highest BCUT2D eigenvalue weighted by molar-refractivity contribution is 7.99. The largest absolute Gasteiger partial charge is 0.310 e. The molecule has 0 spiro atoms. The summed E-state index contributed by atoms with van der Waals surface area (Å²) in [6.45, 7) is 5.37. The summed E-state index contributed by atoms with van der Waals surface area (Å²) in [5.41, 5.74) is 1.38. The Hall–Kier alpha value is -1.32. The molecule has 0 bridgehead atoms. The second-order valence-electron chi connectivity index (χ2n) is 4.34. The third kappa shape index (κ3) is 3.82. The van der Waals surface area contributed by atoms with Crippen LogP contribution in [0.1, 0.15) is 31.9 Å². The second kappa shape index (κ2) is 7.31. The van der Waals surface area contributed by atoms with Crippen LogP contribution in [-0.4, -0.2) is 11.5 Å². The molecule has 2 aromatic rings. The van der Waals surface area contributed by atoms with Gasteiger partial charge in [0.25, 0.3) is 0 Å². The standard InChI is InChI=1S/C16H20N2S/c1-3-15(18-4-2)14-7-5-6-8-16(14)19-13-9-11-17-12-10-13/h5-12,15,18H,3-4H2,1-2H3. The molecule has 0 amide bonds. The molecular formula is C16H20N2S.